The van der Waals surface area contributed by atoms with Crippen molar-refractivity contribution in [3.05, 3.63) is 34.9 Å². The Labute approximate surface area is 148 Å². The molecule has 132 valence electrons. The van der Waals surface area contributed by atoms with Gasteiger partial charge in [0.15, 0.2) is 0 Å². The number of benzene rings is 1. The highest BCUT2D eigenvalue weighted by atomic mass is 35.5. The summed E-state index contributed by atoms with van der Waals surface area (Å²) in [5.74, 6) is 0. The van der Waals surface area contributed by atoms with Crippen LogP contribution in [0.25, 0.3) is 0 Å². The fraction of sp³-hybridized carbons (Fsp3) is 0.611. The third-order valence-electron chi connectivity index (χ3n) is 4.64. The van der Waals surface area contributed by atoms with Crippen LogP contribution in [0.3, 0.4) is 0 Å². The van der Waals surface area contributed by atoms with Crippen LogP contribution in [0.15, 0.2) is 24.3 Å². The normalized spacial score (nSPS) is 22.4. The van der Waals surface area contributed by atoms with Gasteiger partial charge in [-0.3, -0.25) is 4.90 Å². The molecule has 2 aliphatic rings. The van der Waals surface area contributed by atoms with Crippen LogP contribution in [-0.4, -0.2) is 61.8 Å². The SMILES string of the molecule is O=C(OCCN1CCO[C@@H](c2ccc(Cl)cc2)C1)N1CCCCC1. The molecule has 1 atom stereocenters. The number of hydrogen-bond acceptors (Lipinski definition) is 4. The first-order valence-corrected chi connectivity index (χ1v) is 9.11. The first kappa shape index (κ1) is 17.5. The summed E-state index contributed by atoms with van der Waals surface area (Å²) in [5.41, 5.74) is 1.13. The average Bonchev–Trinajstić information content (AvgIpc) is 2.63. The largest absolute Gasteiger partial charge is 0.448 e. The molecule has 2 fully saturated rings. The number of amides is 1. The summed E-state index contributed by atoms with van der Waals surface area (Å²) >= 11 is 5.94. The second kappa shape index (κ2) is 8.70. The highest BCUT2D eigenvalue weighted by Crippen LogP contribution is 2.23. The molecule has 0 saturated carbocycles. The van der Waals surface area contributed by atoms with Gasteiger partial charge in [0, 0.05) is 37.7 Å². The van der Waals surface area contributed by atoms with Crippen LogP contribution in [0.1, 0.15) is 30.9 Å². The van der Waals surface area contributed by atoms with Crippen molar-refractivity contribution in [3.63, 3.8) is 0 Å². The number of nitrogens with zero attached hydrogens (tertiary/aromatic N) is 2. The van der Waals surface area contributed by atoms with Crippen molar-refractivity contribution >= 4 is 17.7 Å². The minimum atomic E-state index is -0.169. The van der Waals surface area contributed by atoms with E-state index < -0.39 is 0 Å². The average molecular weight is 353 g/mol. The maximum atomic E-state index is 12.0. The third kappa shape index (κ3) is 4.85. The van der Waals surface area contributed by atoms with Gasteiger partial charge < -0.3 is 14.4 Å². The van der Waals surface area contributed by atoms with E-state index in [-0.39, 0.29) is 12.2 Å². The van der Waals surface area contributed by atoms with Gasteiger partial charge in [0.05, 0.1) is 12.7 Å². The second-order valence-electron chi connectivity index (χ2n) is 6.37. The smallest absolute Gasteiger partial charge is 0.409 e. The van der Waals surface area contributed by atoms with Gasteiger partial charge in [-0.25, -0.2) is 4.79 Å². The Morgan fingerprint density at radius 1 is 1.17 bits per heavy atom. The van der Waals surface area contributed by atoms with Gasteiger partial charge in [-0.05, 0) is 37.0 Å². The minimum absolute atomic E-state index is 0.0498. The molecule has 1 aromatic rings. The van der Waals surface area contributed by atoms with Crippen molar-refractivity contribution in [1.29, 1.82) is 0 Å². The molecule has 0 N–H and O–H groups in total. The number of morpholine rings is 1. The van der Waals surface area contributed by atoms with Crippen molar-refractivity contribution in [2.75, 3.05) is 45.9 Å². The molecule has 2 saturated heterocycles. The summed E-state index contributed by atoms with van der Waals surface area (Å²) in [4.78, 5) is 16.1. The van der Waals surface area contributed by atoms with Crippen LogP contribution in [0.5, 0.6) is 0 Å². The van der Waals surface area contributed by atoms with Gasteiger partial charge in [0.2, 0.25) is 0 Å². The van der Waals surface area contributed by atoms with E-state index in [1.54, 1.807) is 0 Å². The molecule has 0 spiro atoms. The zero-order chi connectivity index (χ0) is 16.8. The molecular formula is C18H25ClN2O3. The molecule has 0 bridgehead atoms. The van der Waals surface area contributed by atoms with Crippen LogP contribution in [0.4, 0.5) is 4.79 Å². The number of halogens is 1. The van der Waals surface area contributed by atoms with Crippen LogP contribution in [0, 0.1) is 0 Å². The highest BCUT2D eigenvalue weighted by molar-refractivity contribution is 6.30. The standard InChI is InChI=1S/C18H25ClN2O3/c19-16-6-4-15(5-7-16)17-14-20(10-12-23-17)11-13-24-18(22)21-8-2-1-3-9-21/h4-7,17H,1-3,8-14H2/t17-/m1/s1. The van der Waals surface area contributed by atoms with E-state index in [1.807, 2.05) is 29.2 Å². The molecule has 2 aliphatic heterocycles. The molecule has 5 nitrogen and oxygen atoms in total. The van der Waals surface area contributed by atoms with Gasteiger partial charge in [0.25, 0.3) is 0 Å². The van der Waals surface area contributed by atoms with Crippen LogP contribution >= 0.6 is 11.6 Å². The molecule has 6 heteroatoms. The summed E-state index contributed by atoms with van der Waals surface area (Å²) in [5, 5.41) is 0.732. The van der Waals surface area contributed by atoms with Gasteiger partial charge in [0.1, 0.15) is 6.61 Å². The number of hydrogen-bond donors (Lipinski definition) is 0. The quantitative estimate of drug-likeness (QED) is 0.833. The lowest BCUT2D eigenvalue weighted by Gasteiger charge is -2.33. The lowest BCUT2D eigenvalue weighted by atomic mass is 10.1. The zero-order valence-electron chi connectivity index (χ0n) is 14.0. The monoisotopic (exact) mass is 352 g/mol. The van der Waals surface area contributed by atoms with E-state index in [9.17, 15) is 4.79 Å². The first-order chi connectivity index (χ1) is 11.7. The fourth-order valence-corrected chi connectivity index (χ4v) is 3.34. The lowest BCUT2D eigenvalue weighted by molar-refractivity contribution is -0.0353. The van der Waals surface area contributed by atoms with E-state index >= 15 is 0 Å². The Balaban J connectivity index is 1.42. The summed E-state index contributed by atoms with van der Waals surface area (Å²) in [6, 6.07) is 7.79. The Bertz CT molecular complexity index is 532. The lowest BCUT2D eigenvalue weighted by Crippen LogP contribution is -2.41. The first-order valence-electron chi connectivity index (χ1n) is 8.73. The van der Waals surface area contributed by atoms with Crippen molar-refractivity contribution in [2.24, 2.45) is 0 Å². The minimum Gasteiger partial charge on any atom is -0.448 e. The summed E-state index contributed by atoms with van der Waals surface area (Å²) in [6.45, 7) is 5.20. The Morgan fingerprint density at radius 3 is 2.67 bits per heavy atom. The molecule has 3 rings (SSSR count). The second-order valence-corrected chi connectivity index (χ2v) is 6.81. The molecule has 1 amide bonds. The van der Waals surface area contributed by atoms with E-state index in [1.165, 1.54) is 6.42 Å². The molecule has 0 aromatic heterocycles. The van der Waals surface area contributed by atoms with Gasteiger partial charge in [-0.15, -0.1) is 0 Å². The molecule has 0 unspecified atom stereocenters. The number of rotatable bonds is 4. The molecule has 1 aromatic carbocycles. The van der Waals surface area contributed by atoms with E-state index in [4.69, 9.17) is 21.1 Å². The molecule has 2 heterocycles. The number of ether oxygens (including phenoxy) is 2. The Hall–Kier alpha value is -1.30. The highest BCUT2D eigenvalue weighted by Gasteiger charge is 2.23. The Kier molecular flexibility index (Phi) is 6.35. The van der Waals surface area contributed by atoms with Gasteiger partial charge in [-0.1, -0.05) is 23.7 Å². The topological polar surface area (TPSA) is 42.0 Å². The summed E-state index contributed by atoms with van der Waals surface area (Å²) in [7, 11) is 0. The predicted octanol–water partition coefficient (Wildman–Crippen LogP) is 3.34. The van der Waals surface area contributed by atoms with E-state index in [2.05, 4.69) is 4.90 Å². The van der Waals surface area contributed by atoms with Crippen LogP contribution in [-0.2, 0) is 9.47 Å². The maximum Gasteiger partial charge on any atom is 0.409 e. The number of carbonyl (C=O) groups is 1. The van der Waals surface area contributed by atoms with Gasteiger partial charge >= 0.3 is 6.09 Å². The number of carbonyl (C=O) groups excluding carboxylic acids is 1. The van der Waals surface area contributed by atoms with Crippen molar-refractivity contribution in [3.8, 4) is 0 Å². The number of piperidine rings is 1. The molecule has 0 aliphatic carbocycles. The third-order valence-corrected chi connectivity index (χ3v) is 4.89. The summed E-state index contributed by atoms with van der Waals surface area (Å²) < 4.78 is 11.3. The van der Waals surface area contributed by atoms with Crippen LogP contribution < -0.4 is 0 Å². The zero-order valence-corrected chi connectivity index (χ0v) is 14.7. The number of likely N-dealkylation sites (tertiary alicyclic amines) is 1. The molecular weight excluding hydrogens is 328 g/mol. The van der Waals surface area contributed by atoms with E-state index in [0.717, 1.165) is 56.2 Å². The summed E-state index contributed by atoms with van der Waals surface area (Å²) in [6.07, 6.45) is 3.26. The molecule has 24 heavy (non-hydrogen) atoms. The van der Waals surface area contributed by atoms with Crippen molar-refractivity contribution in [2.45, 2.75) is 25.4 Å². The predicted molar refractivity (Wildman–Crippen MR) is 93.4 cm³/mol. The van der Waals surface area contributed by atoms with Gasteiger partial charge in [-0.2, -0.15) is 0 Å². The maximum absolute atomic E-state index is 12.0. The van der Waals surface area contributed by atoms with E-state index in [0.29, 0.717) is 13.2 Å². The van der Waals surface area contributed by atoms with Crippen molar-refractivity contribution < 1.29 is 14.3 Å². The fourth-order valence-electron chi connectivity index (χ4n) is 3.21. The van der Waals surface area contributed by atoms with Crippen molar-refractivity contribution in [1.82, 2.24) is 9.80 Å². The molecule has 0 radical (unpaired) electrons. The van der Waals surface area contributed by atoms with Crippen LogP contribution in [0.2, 0.25) is 5.02 Å². The Morgan fingerprint density at radius 2 is 1.92 bits per heavy atom.